The first kappa shape index (κ1) is 15.7. The number of hydrogen-bond donors (Lipinski definition) is 1. The van der Waals surface area contributed by atoms with Crippen molar-refractivity contribution in [1.29, 1.82) is 0 Å². The third-order valence-electron chi connectivity index (χ3n) is 3.50. The van der Waals surface area contributed by atoms with Crippen molar-refractivity contribution in [3.05, 3.63) is 62.4 Å². The van der Waals surface area contributed by atoms with Gasteiger partial charge in [0, 0.05) is 40.5 Å². The summed E-state index contributed by atoms with van der Waals surface area (Å²) >= 11 is 3.27. The third-order valence-corrected chi connectivity index (χ3v) is 4.00. The Kier molecular flexibility index (Phi) is 5.14. The van der Waals surface area contributed by atoms with Gasteiger partial charge in [-0.25, -0.2) is 0 Å². The van der Waals surface area contributed by atoms with E-state index in [0.29, 0.717) is 16.6 Å². The van der Waals surface area contributed by atoms with E-state index in [1.807, 2.05) is 29.0 Å². The van der Waals surface area contributed by atoms with Crippen LogP contribution < -0.4 is 5.73 Å². The smallest absolute Gasteiger partial charge is 0.275 e. The van der Waals surface area contributed by atoms with Crippen LogP contribution in [0.5, 0.6) is 0 Å². The largest absolute Gasteiger partial charge is 0.347 e. The van der Waals surface area contributed by atoms with Crippen molar-refractivity contribution in [3.63, 3.8) is 0 Å². The standard InChI is InChI=1S/C15H18BrN3O2/c1-2-13(17)9-14-4-3-7-18(14)10-11-5-6-12(16)8-15(11)19(20)21/h3-8,13H,2,9-10,17H2,1H3. The summed E-state index contributed by atoms with van der Waals surface area (Å²) in [6.45, 7) is 2.53. The minimum atomic E-state index is -0.346. The highest BCUT2D eigenvalue weighted by atomic mass is 79.9. The fourth-order valence-corrected chi connectivity index (χ4v) is 2.58. The van der Waals surface area contributed by atoms with E-state index >= 15 is 0 Å². The van der Waals surface area contributed by atoms with Gasteiger partial charge in [-0.3, -0.25) is 10.1 Å². The van der Waals surface area contributed by atoms with Gasteiger partial charge in [0.15, 0.2) is 0 Å². The molecule has 2 aromatic rings. The molecule has 0 bridgehead atoms. The monoisotopic (exact) mass is 351 g/mol. The van der Waals surface area contributed by atoms with Crippen LogP contribution in [0.15, 0.2) is 41.0 Å². The molecule has 2 N–H and O–H groups in total. The van der Waals surface area contributed by atoms with Crippen LogP contribution in [-0.4, -0.2) is 15.5 Å². The van der Waals surface area contributed by atoms with Crippen molar-refractivity contribution in [3.8, 4) is 0 Å². The van der Waals surface area contributed by atoms with Crippen LogP contribution in [0.4, 0.5) is 5.69 Å². The number of hydrogen-bond acceptors (Lipinski definition) is 3. The summed E-state index contributed by atoms with van der Waals surface area (Å²) in [6.07, 6.45) is 3.61. The minimum Gasteiger partial charge on any atom is -0.347 e. The number of benzene rings is 1. The maximum Gasteiger partial charge on any atom is 0.275 e. The average molecular weight is 352 g/mol. The molecule has 0 saturated carbocycles. The summed E-state index contributed by atoms with van der Waals surface area (Å²) in [7, 11) is 0. The second kappa shape index (κ2) is 6.87. The van der Waals surface area contributed by atoms with Crippen molar-refractivity contribution < 1.29 is 4.92 Å². The molecule has 0 aliphatic carbocycles. The number of aromatic nitrogens is 1. The molecular weight excluding hydrogens is 334 g/mol. The predicted molar refractivity (Wildman–Crippen MR) is 86.3 cm³/mol. The molecule has 6 heteroatoms. The van der Waals surface area contributed by atoms with Crippen LogP contribution in [0, 0.1) is 10.1 Å². The topological polar surface area (TPSA) is 74.1 Å². The van der Waals surface area contributed by atoms with Crippen molar-refractivity contribution in [1.82, 2.24) is 4.57 Å². The minimum absolute atomic E-state index is 0.110. The number of nitro benzene ring substituents is 1. The number of rotatable bonds is 6. The van der Waals surface area contributed by atoms with E-state index in [-0.39, 0.29) is 16.7 Å². The first-order valence-corrected chi connectivity index (χ1v) is 7.63. The highest BCUT2D eigenvalue weighted by Crippen LogP contribution is 2.25. The molecule has 21 heavy (non-hydrogen) atoms. The van der Waals surface area contributed by atoms with Gasteiger partial charge >= 0.3 is 0 Å². The predicted octanol–water partition coefficient (Wildman–Crippen LogP) is 3.49. The van der Waals surface area contributed by atoms with Gasteiger partial charge in [0.1, 0.15) is 0 Å². The molecule has 112 valence electrons. The SMILES string of the molecule is CCC(N)Cc1cccn1Cc1ccc(Br)cc1[N+](=O)[O-]. The molecule has 1 aromatic carbocycles. The average Bonchev–Trinajstić information content (AvgIpc) is 2.87. The van der Waals surface area contributed by atoms with Gasteiger partial charge in [0.05, 0.1) is 11.5 Å². The molecule has 0 amide bonds. The molecule has 0 radical (unpaired) electrons. The molecule has 2 rings (SSSR count). The quantitative estimate of drug-likeness (QED) is 0.639. The van der Waals surface area contributed by atoms with E-state index in [1.54, 1.807) is 6.07 Å². The van der Waals surface area contributed by atoms with Gasteiger partial charge in [-0.1, -0.05) is 22.9 Å². The summed E-state index contributed by atoms with van der Waals surface area (Å²) in [6, 6.07) is 9.21. The van der Waals surface area contributed by atoms with Gasteiger partial charge in [0.25, 0.3) is 5.69 Å². The lowest BCUT2D eigenvalue weighted by Gasteiger charge is -2.13. The highest BCUT2D eigenvalue weighted by Gasteiger charge is 2.15. The molecule has 0 aliphatic rings. The molecule has 1 heterocycles. The fraction of sp³-hybridized carbons (Fsp3) is 0.333. The van der Waals surface area contributed by atoms with E-state index in [2.05, 4.69) is 22.9 Å². The zero-order valence-corrected chi connectivity index (χ0v) is 13.4. The molecule has 0 saturated heterocycles. The number of nitro groups is 1. The number of nitrogens with zero attached hydrogens (tertiary/aromatic N) is 2. The molecule has 0 fully saturated rings. The second-order valence-corrected chi connectivity index (χ2v) is 5.95. The highest BCUT2D eigenvalue weighted by molar-refractivity contribution is 9.10. The zero-order valence-electron chi connectivity index (χ0n) is 11.8. The van der Waals surface area contributed by atoms with Crippen LogP contribution in [-0.2, 0) is 13.0 Å². The third kappa shape index (κ3) is 3.92. The maximum atomic E-state index is 11.2. The lowest BCUT2D eigenvalue weighted by Crippen LogP contribution is -2.23. The van der Waals surface area contributed by atoms with Crippen LogP contribution in [0.2, 0.25) is 0 Å². The lowest BCUT2D eigenvalue weighted by atomic mass is 10.1. The summed E-state index contributed by atoms with van der Waals surface area (Å²) < 4.78 is 2.73. The van der Waals surface area contributed by atoms with Gasteiger partial charge in [0.2, 0.25) is 0 Å². The summed E-state index contributed by atoms with van der Waals surface area (Å²) in [5.41, 5.74) is 7.91. The molecular formula is C15H18BrN3O2. The van der Waals surface area contributed by atoms with Crippen LogP contribution in [0.3, 0.4) is 0 Å². The Morgan fingerprint density at radius 3 is 2.86 bits per heavy atom. The van der Waals surface area contributed by atoms with E-state index in [4.69, 9.17) is 5.73 Å². The molecule has 1 unspecified atom stereocenters. The summed E-state index contributed by atoms with van der Waals surface area (Å²) in [5.74, 6) is 0. The Labute approximate surface area is 132 Å². The van der Waals surface area contributed by atoms with E-state index < -0.39 is 0 Å². The maximum absolute atomic E-state index is 11.2. The molecule has 0 aliphatic heterocycles. The van der Waals surface area contributed by atoms with Gasteiger partial charge in [-0.2, -0.15) is 0 Å². The molecule has 1 aromatic heterocycles. The van der Waals surface area contributed by atoms with E-state index in [9.17, 15) is 10.1 Å². The Morgan fingerprint density at radius 1 is 1.43 bits per heavy atom. The summed E-state index contributed by atoms with van der Waals surface area (Å²) in [5, 5.41) is 11.2. The van der Waals surface area contributed by atoms with Crippen LogP contribution >= 0.6 is 15.9 Å². The normalized spacial score (nSPS) is 12.3. The van der Waals surface area contributed by atoms with Crippen molar-refractivity contribution in [2.45, 2.75) is 32.4 Å². The Morgan fingerprint density at radius 2 is 2.19 bits per heavy atom. The van der Waals surface area contributed by atoms with Crippen molar-refractivity contribution in [2.75, 3.05) is 0 Å². The Hall–Kier alpha value is -1.66. The van der Waals surface area contributed by atoms with E-state index in [1.165, 1.54) is 6.07 Å². The molecule has 0 spiro atoms. The van der Waals surface area contributed by atoms with Gasteiger partial charge in [-0.15, -0.1) is 0 Å². The Balaban J connectivity index is 2.27. The van der Waals surface area contributed by atoms with Crippen LogP contribution in [0.25, 0.3) is 0 Å². The van der Waals surface area contributed by atoms with Crippen molar-refractivity contribution >= 4 is 21.6 Å². The molecule has 1 atom stereocenters. The van der Waals surface area contributed by atoms with E-state index in [0.717, 1.165) is 18.5 Å². The fourth-order valence-electron chi connectivity index (χ4n) is 2.23. The zero-order chi connectivity index (χ0) is 15.4. The van der Waals surface area contributed by atoms with Crippen molar-refractivity contribution in [2.24, 2.45) is 5.73 Å². The summed E-state index contributed by atoms with van der Waals surface area (Å²) in [4.78, 5) is 10.8. The number of nitrogens with two attached hydrogens (primary N) is 1. The van der Waals surface area contributed by atoms with Gasteiger partial charge in [-0.05, 0) is 30.7 Å². The lowest BCUT2D eigenvalue weighted by molar-refractivity contribution is -0.385. The van der Waals surface area contributed by atoms with Gasteiger partial charge < -0.3 is 10.3 Å². The number of halogens is 1. The first-order chi connectivity index (χ1) is 10.0. The second-order valence-electron chi connectivity index (χ2n) is 5.03. The first-order valence-electron chi connectivity index (χ1n) is 6.83. The van der Waals surface area contributed by atoms with Crippen LogP contribution in [0.1, 0.15) is 24.6 Å². The Bertz CT molecular complexity index is 640. The molecule has 5 nitrogen and oxygen atoms in total.